The maximum absolute atomic E-state index is 13.1. The zero-order valence-corrected chi connectivity index (χ0v) is 12.7. The number of hydrogen-bond acceptors (Lipinski definition) is 4. The van der Waals surface area contributed by atoms with E-state index in [1.165, 1.54) is 18.2 Å². The zero-order chi connectivity index (χ0) is 15.2. The monoisotopic (exact) mass is 355 g/mol. The minimum absolute atomic E-state index is 0.0487. The molecule has 2 aromatic carbocycles. The summed E-state index contributed by atoms with van der Waals surface area (Å²) in [6.45, 7) is 0.138. The number of aliphatic hydroxyl groups excluding tert-OH is 1. The van der Waals surface area contributed by atoms with E-state index in [1.54, 1.807) is 24.3 Å². The van der Waals surface area contributed by atoms with E-state index in [1.807, 2.05) is 0 Å². The van der Waals surface area contributed by atoms with Crippen LogP contribution in [0.2, 0.25) is 0 Å². The van der Waals surface area contributed by atoms with E-state index in [2.05, 4.69) is 15.9 Å². The first-order valence-corrected chi connectivity index (χ1v) is 7.08. The lowest BCUT2D eigenvalue weighted by Gasteiger charge is -2.14. The Morgan fingerprint density at radius 3 is 2.24 bits per heavy atom. The fourth-order valence-electron chi connectivity index (χ4n) is 1.56. The van der Waals surface area contributed by atoms with Crippen LogP contribution in [0.3, 0.4) is 0 Å². The molecule has 2 rings (SSSR count). The largest absolute Gasteiger partial charge is 0.491 e. The first-order chi connectivity index (χ1) is 10.0. The normalized spacial score (nSPS) is 12.0. The molecule has 112 valence electrons. The fraction of sp³-hybridized carbons (Fsp3) is 0.200. The highest BCUT2D eigenvalue weighted by atomic mass is 79.9. The Kier molecular flexibility index (Phi) is 5.41. The van der Waals surface area contributed by atoms with Gasteiger partial charge >= 0.3 is 0 Å². The summed E-state index contributed by atoms with van der Waals surface area (Å²) in [7, 11) is 0. The van der Waals surface area contributed by atoms with Crippen molar-refractivity contribution in [2.45, 2.75) is 6.10 Å². The highest BCUT2D eigenvalue weighted by Gasteiger charge is 2.08. The van der Waals surface area contributed by atoms with Crippen LogP contribution in [0.1, 0.15) is 0 Å². The summed E-state index contributed by atoms with van der Waals surface area (Å²) in [4.78, 5) is 0. The predicted octanol–water partition coefficient (Wildman–Crippen LogP) is 2.99. The molecule has 0 aliphatic heterocycles. The molecule has 0 aromatic heterocycles. The van der Waals surface area contributed by atoms with E-state index in [0.29, 0.717) is 21.7 Å². The lowest BCUT2D eigenvalue weighted by Crippen LogP contribution is -2.25. The molecule has 0 amide bonds. The van der Waals surface area contributed by atoms with Gasteiger partial charge < -0.3 is 20.3 Å². The second-order valence-corrected chi connectivity index (χ2v) is 5.28. The minimum Gasteiger partial charge on any atom is -0.491 e. The molecule has 1 atom stereocenters. The smallest absolute Gasteiger partial charge is 0.137 e. The van der Waals surface area contributed by atoms with Crippen molar-refractivity contribution in [2.24, 2.45) is 0 Å². The van der Waals surface area contributed by atoms with Gasteiger partial charge in [0.25, 0.3) is 0 Å². The molecule has 0 bridgehead atoms. The number of nitrogen functional groups attached to an aromatic ring is 1. The number of nitrogens with two attached hydrogens (primary N) is 1. The van der Waals surface area contributed by atoms with Gasteiger partial charge in [0.2, 0.25) is 0 Å². The summed E-state index contributed by atoms with van der Waals surface area (Å²) in [5.74, 6) is 0.720. The molecule has 6 heteroatoms. The first kappa shape index (κ1) is 15.6. The molecule has 0 saturated carbocycles. The average molecular weight is 356 g/mol. The van der Waals surface area contributed by atoms with Crippen LogP contribution < -0.4 is 15.2 Å². The van der Waals surface area contributed by atoms with Crippen molar-refractivity contribution in [3.8, 4) is 11.5 Å². The molecule has 0 spiro atoms. The van der Waals surface area contributed by atoms with Crippen molar-refractivity contribution in [1.82, 2.24) is 0 Å². The van der Waals surface area contributed by atoms with Crippen LogP contribution in [0.4, 0.5) is 10.1 Å². The fourth-order valence-corrected chi connectivity index (χ4v) is 1.92. The SMILES string of the molecule is Nc1ccc(OCC(O)COc2ccc(F)c(Br)c2)cc1. The second-order valence-electron chi connectivity index (χ2n) is 4.42. The molecule has 21 heavy (non-hydrogen) atoms. The molecule has 1 unspecified atom stereocenters. The summed E-state index contributed by atoms with van der Waals surface area (Å²) in [5.41, 5.74) is 6.21. The van der Waals surface area contributed by atoms with Crippen LogP contribution in [0, 0.1) is 5.82 Å². The summed E-state index contributed by atoms with van der Waals surface area (Å²) < 4.78 is 24.1. The van der Waals surface area contributed by atoms with Crippen molar-refractivity contribution in [3.05, 3.63) is 52.8 Å². The van der Waals surface area contributed by atoms with Gasteiger partial charge in [0.15, 0.2) is 0 Å². The molecule has 0 aliphatic carbocycles. The molecule has 0 radical (unpaired) electrons. The number of halogens is 2. The van der Waals surface area contributed by atoms with Crippen LogP contribution in [0.15, 0.2) is 46.9 Å². The van der Waals surface area contributed by atoms with Crippen LogP contribution in [-0.2, 0) is 0 Å². The Bertz CT molecular complexity index is 592. The van der Waals surface area contributed by atoms with E-state index < -0.39 is 6.10 Å². The summed E-state index contributed by atoms with van der Waals surface area (Å²) in [6, 6.07) is 11.2. The summed E-state index contributed by atoms with van der Waals surface area (Å²) >= 11 is 3.07. The molecule has 0 fully saturated rings. The number of aliphatic hydroxyl groups is 1. The summed E-state index contributed by atoms with van der Waals surface area (Å²) in [5, 5.41) is 9.79. The van der Waals surface area contributed by atoms with Crippen LogP contribution >= 0.6 is 15.9 Å². The molecular formula is C15H15BrFNO3. The molecule has 2 aromatic rings. The third-order valence-electron chi connectivity index (χ3n) is 2.66. The van der Waals surface area contributed by atoms with Gasteiger partial charge in [-0.3, -0.25) is 0 Å². The van der Waals surface area contributed by atoms with E-state index in [0.717, 1.165) is 0 Å². The number of rotatable bonds is 6. The van der Waals surface area contributed by atoms with Crippen molar-refractivity contribution >= 4 is 21.6 Å². The summed E-state index contributed by atoms with van der Waals surface area (Å²) in [6.07, 6.45) is -0.800. The van der Waals surface area contributed by atoms with Crippen molar-refractivity contribution in [1.29, 1.82) is 0 Å². The molecular weight excluding hydrogens is 341 g/mol. The van der Waals surface area contributed by atoms with Gasteiger partial charge in [0, 0.05) is 5.69 Å². The molecule has 0 saturated heterocycles. The zero-order valence-electron chi connectivity index (χ0n) is 11.1. The van der Waals surface area contributed by atoms with E-state index in [-0.39, 0.29) is 19.0 Å². The number of hydrogen-bond donors (Lipinski definition) is 2. The maximum Gasteiger partial charge on any atom is 0.137 e. The lowest BCUT2D eigenvalue weighted by molar-refractivity contribution is 0.0626. The van der Waals surface area contributed by atoms with Gasteiger partial charge in [-0.25, -0.2) is 4.39 Å². The van der Waals surface area contributed by atoms with E-state index in [4.69, 9.17) is 15.2 Å². The number of benzene rings is 2. The van der Waals surface area contributed by atoms with Crippen molar-refractivity contribution in [3.63, 3.8) is 0 Å². The van der Waals surface area contributed by atoms with E-state index >= 15 is 0 Å². The quantitative estimate of drug-likeness (QED) is 0.781. The van der Waals surface area contributed by atoms with Crippen LogP contribution in [0.25, 0.3) is 0 Å². The van der Waals surface area contributed by atoms with Crippen LogP contribution in [-0.4, -0.2) is 24.4 Å². The molecule has 0 aliphatic rings. The van der Waals surface area contributed by atoms with Gasteiger partial charge in [-0.1, -0.05) is 0 Å². The molecule has 0 heterocycles. The second kappa shape index (κ2) is 7.28. The Morgan fingerprint density at radius 2 is 1.62 bits per heavy atom. The van der Waals surface area contributed by atoms with Gasteiger partial charge in [-0.15, -0.1) is 0 Å². The Balaban J connectivity index is 1.77. The Labute approximate surface area is 130 Å². The van der Waals surface area contributed by atoms with Gasteiger partial charge in [0.1, 0.15) is 36.6 Å². The third-order valence-corrected chi connectivity index (χ3v) is 3.26. The van der Waals surface area contributed by atoms with Gasteiger partial charge in [-0.05, 0) is 58.4 Å². The Morgan fingerprint density at radius 1 is 1.05 bits per heavy atom. The highest BCUT2D eigenvalue weighted by Crippen LogP contribution is 2.21. The maximum atomic E-state index is 13.1. The standard InChI is InChI=1S/C15H15BrFNO3/c16-14-7-13(5-6-15(14)17)21-9-11(19)8-20-12-3-1-10(18)2-4-12/h1-7,11,19H,8-9,18H2. The topological polar surface area (TPSA) is 64.7 Å². The first-order valence-electron chi connectivity index (χ1n) is 6.29. The molecule has 4 nitrogen and oxygen atoms in total. The van der Waals surface area contributed by atoms with Gasteiger partial charge in [0.05, 0.1) is 4.47 Å². The van der Waals surface area contributed by atoms with Gasteiger partial charge in [-0.2, -0.15) is 0 Å². The number of anilines is 1. The van der Waals surface area contributed by atoms with Crippen LogP contribution in [0.5, 0.6) is 11.5 Å². The number of ether oxygens (including phenoxy) is 2. The minimum atomic E-state index is -0.800. The third kappa shape index (κ3) is 4.91. The van der Waals surface area contributed by atoms with Crippen molar-refractivity contribution in [2.75, 3.05) is 18.9 Å². The van der Waals surface area contributed by atoms with E-state index in [9.17, 15) is 9.50 Å². The predicted molar refractivity (Wildman–Crippen MR) is 82.0 cm³/mol. The highest BCUT2D eigenvalue weighted by molar-refractivity contribution is 9.10. The van der Waals surface area contributed by atoms with Crippen molar-refractivity contribution < 1.29 is 19.0 Å². The Hall–Kier alpha value is -1.79. The molecule has 3 N–H and O–H groups in total. The lowest BCUT2D eigenvalue weighted by atomic mass is 10.3. The average Bonchev–Trinajstić information content (AvgIpc) is 2.48.